The van der Waals surface area contributed by atoms with E-state index in [0.717, 1.165) is 19.6 Å². The van der Waals surface area contributed by atoms with E-state index in [4.69, 9.17) is 4.74 Å². The van der Waals surface area contributed by atoms with Gasteiger partial charge in [0.1, 0.15) is 0 Å². The van der Waals surface area contributed by atoms with Crippen LogP contribution < -0.4 is 5.32 Å². The number of rotatable bonds is 6. The molecule has 2 nitrogen and oxygen atoms in total. The lowest BCUT2D eigenvalue weighted by molar-refractivity contribution is -0.126. The third-order valence-corrected chi connectivity index (χ3v) is 4.91. The second-order valence-electron chi connectivity index (χ2n) is 5.90. The van der Waals surface area contributed by atoms with Crippen molar-refractivity contribution in [2.45, 2.75) is 59.2 Å². The summed E-state index contributed by atoms with van der Waals surface area (Å²) in [5, 5.41) is 3.73. The maximum Gasteiger partial charge on any atom is 0.0658 e. The van der Waals surface area contributed by atoms with E-state index in [-0.39, 0.29) is 0 Å². The van der Waals surface area contributed by atoms with Crippen molar-refractivity contribution in [2.24, 2.45) is 5.41 Å². The summed E-state index contributed by atoms with van der Waals surface area (Å²) in [4.78, 5) is 0. The number of aryl methyl sites for hydroxylation is 1. The second-order valence-corrected chi connectivity index (χ2v) is 5.90. The zero-order valence-electron chi connectivity index (χ0n) is 12.7. The van der Waals surface area contributed by atoms with Gasteiger partial charge in [-0.2, -0.15) is 0 Å². The van der Waals surface area contributed by atoms with Crippen LogP contribution in [0.25, 0.3) is 0 Å². The molecule has 0 bridgehead atoms. The fourth-order valence-corrected chi connectivity index (χ4v) is 3.11. The molecule has 1 aliphatic rings. The number of ether oxygens (including phenoxy) is 1. The predicted molar refractivity (Wildman–Crippen MR) is 80.2 cm³/mol. The van der Waals surface area contributed by atoms with E-state index in [1.165, 1.54) is 17.5 Å². The number of benzene rings is 1. The minimum atomic E-state index is 0.290. The van der Waals surface area contributed by atoms with E-state index >= 15 is 0 Å². The summed E-state index contributed by atoms with van der Waals surface area (Å²) in [6, 6.07) is 9.19. The summed E-state index contributed by atoms with van der Waals surface area (Å²) < 4.78 is 5.85. The lowest BCUT2D eigenvalue weighted by atomic mass is 9.61. The van der Waals surface area contributed by atoms with E-state index < -0.39 is 0 Å². The van der Waals surface area contributed by atoms with E-state index in [1.807, 2.05) is 0 Å². The van der Waals surface area contributed by atoms with Crippen LogP contribution in [0.15, 0.2) is 24.3 Å². The highest BCUT2D eigenvalue weighted by molar-refractivity contribution is 5.25. The van der Waals surface area contributed by atoms with Crippen LogP contribution in [-0.2, 0) is 11.3 Å². The van der Waals surface area contributed by atoms with Gasteiger partial charge in [0, 0.05) is 24.6 Å². The molecule has 3 atom stereocenters. The number of hydrogen-bond donors (Lipinski definition) is 1. The van der Waals surface area contributed by atoms with Gasteiger partial charge in [-0.25, -0.2) is 0 Å². The van der Waals surface area contributed by atoms with Gasteiger partial charge in [0.2, 0.25) is 0 Å². The Morgan fingerprint density at radius 2 is 2.05 bits per heavy atom. The molecule has 2 heteroatoms. The maximum atomic E-state index is 5.85. The first-order valence-electron chi connectivity index (χ1n) is 7.51. The van der Waals surface area contributed by atoms with Gasteiger partial charge in [-0.3, -0.25) is 0 Å². The van der Waals surface area contributed by atoms with Gasteiger partial charge in [0.25, 0.3) is 0 Å². The van der Waals surface area contributed by atoms with Gasteiger partial charge < -0.3 is 10.1 Å². The molecule has 0 aromatic heterocycles. The van der Waals surface area contributed by atoms with Gasteiger partial charge >= 0.3 is 0 Å². The summed E-state index contributed by atoms with van der Waals surface area (Å²) in [5.41, 5.74) is 3.06. The first-order valence-corrected chi connectivity index (χ1v) is 7.51. The van der Waals surface area contributed by atoms with Crippen molar-refractivity contribution in [3.05, 3.63) is 35.4 Å². The molecule has 19 heavy (non-hydrogen) atoms. The second kappa shape index (κ2) is 6.06. The summed E-state index contributed by atoms with van der Waals surface area (Å²) in [6.45, 7) is 10.7. The van der Waals surface area contributed by atoms with Gasteiger partial charge in [-0.15, -0.1) is 0 Å². The highest BCUT2D eigenvalue weighted by Gasteiger charge is 2.50. The predicted octanol–water partition coefficient (Wildman–Crippen LogP) is 3.68. The quantitative estimate of drug-likeness (QED) is 0.843. The maximum absolute atomic E-state index is 5.85. The monoisotopic (exact) mass is 261 g/mol. The topological polar surface area (TPSA) is 21.3 Å². The van der Waals surface area contributed by atoms with E-state index in [1.54, 1.807) is 0 Å². The molecule has 1 aromatic rings. The first-order chi connectivity index (χ1) is 9.11. The Labute approximate surface area is 117 Å². The summed E-state index contributed by atoms with van der Waals surface area (Å²) >= 11 is 0. The van der Waals surface area contributed by atoms with Crippen molar-refractivity contribution in [1.82, 2.24) is 5.32 Å². The Hall–Kier alpha value is -0.860. The van der Waals surface area contributed by atoms with Crippen LogP contribution in [0.2, 0.25) is 0 Å². The molecule has 0 heterocycles. The van der Waals surface area contributed by atoms with Crippen molar-refractivity contribution >= 4 is 0 Å². The standard InChI is InChI=1S/C17H27NO/c1-5-17(4)15(11-16(17)19-6-2)18-12-14-10-8-7-9-13(14)3/h7-10,15-16,18H,5-6,11-12H2,1-4H3. The first kappa shape index (κ1) is 14.5. The van der Waals surface area contributed by atoms with Crippen molar-refractivity contribution in [2.75, 3.05) is 6.61 Å². The average molecular weight is 261 g/mol. The molecular weight excluding hydrogens is 234 g/mol. The molecule has 3 unspecified atom stereocenters. The molecule has 1 aromatic carbocycles. The summed E-state index contributed by atoms with van der Waals surface area (Å²) in [7, 11) is 0. The lowest BCUT2D eigenvalue weighted by Gasteiger charge is -2.53. The average Bonchev–Trinajstić information content (AvgIpc) is 2.42. The molecular formula is C17H27NO. The number of nitrogens with one attached hydrogen (secondary N) is 1. The fraction of sp³-hybridized carbons (Fsp3) is 0.647. The fourth-order valence-electron chi connectivity index (χ4n) is 3.11. The number of hydrogen-bond acceptors (Lipinski definition) is 2. The Bertz CT molecular complexity index is 417. The van der Waals surface area contributed by atoms with Crippen LogP contribution in [-0.4, -0.2) is 18.8 Å². The molecule has 106 valence electrons. The Morgan fingerprint density at radius 3 is 2.68 bits per heavy atom. The largest absolute Gasteiger partial charge is 0.378 e. The smallest absolute Gasteiger partial charge is 0.0658 e. The lowest BCUT2D eigenvalue weighted by Crippen LogP contribution is -2.61. The highest BCUT2D eigenvalue weighted by Crippen LogP contribution is 2.45. The van der Waals surface area contributed by atoms with Crippen molar-refractivity contribution in [1.29, 1.82) is 0 Å². The van der Waals surface area contributed by atoms with Crippen molar-refractivity contribution < 1.29 is 4.74 Å². The van der Waals surface area contributed by atoms with Crippen molar-refractivity contribution in [3.8, 4) is 0 Å². The Kier molecular flexibility index (Phi) is 4.64. The van der Waals surface area contributed by atoms with Crippen LogP contribution in [0.1, 0.15) is 44.7 Å². The molecule has 1 N–H and O–H groups in total. The molecule has 0 radical (unpaired) electrons. The normalized spacial score (nSPS) is 30.1. The van der Waals surface area contributed by atoms with Gasteiger partial charge in [-0.05, 0) is 37.8 Å². The molecule has 1 fully saturated rings. The molecule has 0 aliphatic heterocycles. The van der Waals surface area contributed by atoms with E-state index in [9.17, 15) is 0 Å². The molecule has 0 spiro atoms. The van der Waals surface area contributed by atoms with E-state index in [0.29, 0.717) is 17.6 Å². The molecule has 1 saturated carbocycles. The molecule has 0 amide bonds. The minimum Gasteiger partial charge on any atom is -0.378 e. The van der Waals surface area contributed by atoms with Gasteiger partial charge in [0.05, 0.1) is 6.10 Å². The summed E-state index contributed by atoms with van der Waals surface area (Å²) in [6.07, 6.45) is 2.74. The third kappa shape index (κ3) is 2.85. The van der Waals surface area contributed by atoms with Crippen LogP contribution in [0.4, 0.5) is 0 Å². The van der Waals surface area contributed by atoms with Crippen LogP contribution in [0.3, 0.4) is 0 Å². The minimum absolute atomic E-state index is 0.290. The molecule has 1 aliphatic carbocycles. The van der Waals surface area contributed by atoms with Crippen LogP contribution in [0, 0.1) is 12.3 Å². The Balaban J connectivity index is 1.92. The molecule has 2 rings (SSSR count). The zero-order chi connectivity index (χ0) is 13.9. The van der Waals surface area contributed by atoms with E-state index in [2.05, 4.69) is 57.3 Å². The SMILES string of the molecule is CCOC1CC(NCc2ccccc2C)C1(C)CC. The van der Waals surface area contributed by atoms with Crippen LogP contribution in [0.5, 0.6) is 0 Å². The van der Waals surface area contributed by atoms with Crippen LogP contribution >= 0.6 is 0 Å². The van der Waals surface area contributed by atoms with Gasteiger partial charge in [0.15, 0.2) is 0 Å². The zero-order valence-corrected chi connectivity index (χ0v) is 12.7. The molecule has 0 saturated heterocycles. The third-order valence-electron chi connectivity index (χ3n) is 4.91. The Morgan fingerprint density at radius 1 is 1.32 bits per heavy atom. The van der Waals surface area contributed by atoms with Gasteiger partial charge in [-0.1, -0.05) is 38.1 Å². The van der Waals surface area contributed by atoms with Crippen molar-refractivity contribution in [3.63, 3.8) is 0 Å². The summed E-state index contributed by atoms with van der Waals surface area (Å²) in [5.74, 6) is 0. The highest BCUT2D eigenvalue weighted by atomic mass is 16.5.